The molecule has 1 N–H and O–H groups in total. The molecule has 0 bridgehead atoms. The lowest BCUT2D eigenvalue weighted by molar-refractivity contribution is 0.0739. The SMILES string of the molecule is Cc1cc(N2CCN(C(=O)c3ccn(C4CCCNC4)n3)CC2)nc(C(C)C)n1.Cl. The maximum atomic E-state index is 12.9. The van der Waals surface area contributed by atoms with Gasteiger partial charge in [0.2, 0.25) is 0 Å². The van der Waals surface area contributed by atoms with Crippen molar-refractivity contribution in [1.82, 2.24) is 30.0 Å². The number of piperazine rings is 1. The molecule has 1 unspecified atom stereocenters. The van der Waals surface area contributed by atoms with Crippen molar-refractivity contribution in [2.24, 2.45) is 0 Å². The molecule has 0 radical (unpaired) electrons. The largest absolute Gasteiger partial charge is 0.353 e. The Morgan fingerprint density at radius 3 is 2.63 bits per heavy atom. The molecule has 2 aliphatic rings. The van der Waals surface area contributed by atoms with E-state index < -0.39 is 0 Å². The van der Waals surface area contributed by atoms with Crippen LogP contribution >= 0.6 is 12.4 Å². The van der Waals surface area contributed by atoms with Gasteiger partial charge in [0.25, 0.3) is 5.91 Å². The topological polar surface area (TPSA) is 79.2 Å². The van der Waals surface area contributed by atoms with Gasteiger partial charge in [-0.1, -0.05) is 13.8 Å². The van der Waals surface area contributed by atoms with Crippen LogP contribution in [0.1, 0.15) is 60.7 Å². The average Bonchev–Trinajstić information content (AvgIpc) is 3.24. The van der Waals surface area contributed by atoms with Gasteiger partial charge in [-0.15, -0.1) is 12.4 Å². The first-order valence-corrected chi connectivity index (χ1v) is 10.7. The van der Waals surface area contributed by atoms with Crippen molar-refractivity contribution in [1.29, 1.82) is 0 Å². The highest BCUT2D eigenvalue weighted by atomic mass is 35.5. The first-order valence-electron chi connectivity index (χ1n) is 10.7. The van der Waals surface area contributed by atoms with Crippen LogP contribution < -0.4 is 10.2 Å². The molecular weight excluding hydrogens is 402 g/mol. The Kier molecular flexibility index (Phi) is 7.31. The third-order valence-corrected chi connectivity index (χ3v) is 5.74. The van der Waals surface area contributed by atoms with Crippen LogP contribution in [-0.2, 0) is 0 Å². The van der Waals surface area contributed by atoms with Crippen molar-refractivity contribution in [2.75, 3.05) is 44.2 Å². The Morgan fingerprint density at radius 2 is 1.97 bits per heavy atom. The Morgan fingerprint density at radius 1 is 1.20 bits per heavy atom. The fraction of sp³-hybridized carbons (Fsp3) is 0.619. The van der Waals surface area contributed by atoms with E-state index in [0.717, 1.165) is 56.4 Å². The number of rotatable bonds is 4. The highest BCUT2D eigenvalue weighted by Crippen LogP contribution is 2.20. The smallest absolute Gasteiger partial charge is 0.274 e. The van der Waals surface area contributed by atoms with E-state index in [2.05, 4.69) is 34.1 Å². The minimum Gasteiger partial charge on any atom is -0.353 e. The quantitative estimate of drug-likeness (QED) is 0.797. The first-order chi connectivity index (χ1) is 14.0. The summed E-state index contributed by atoms with van der Waals surface area (Å²) in [7, 11) is 0. The van der Waals surface area contributed by atoms with Crippen molar-refractivity contribution >= 4 is 24.1 Å². The van der Waals surface area contributed by atoms with Crippen LogP contribution in [0.3, 0.4) is 0 Å². The van der Waals surface area contributed by atoms with Crippen molar-refractivity contribution in [3.8, 4) is 0 Å². The number of carbonyl (C=O) groups excluding carboxylic acids is 1. The van der Waals surface area contributed by atoms with Crippen molar-refractivity contribution in [3.05, 3.63) is 35.5 Å². The van der Waals surface area contributed by atoms with E-state index in [0.29, 0.717) is 30.7 Å². The van der Waals surface area contributed by atoms with E-state index in [1.807, 2.05) is 34.8 Å². The Labute approximate surface area is 184 Å². The number of aromatic nitrogens is 4. The van der Waals surface area contributed by atoms with Crippen LogP contribution in [0, 0.1) is 6.92 Å². The van der Waals surface area contributed by atoms with Crippen LogP contribution in [0.5, 0.6) is 0 Å². The molecule has 0 spiro atoms. The van der Waals surface area contributed by atoms with E-state index in [1.54, 1.807) is 0 Å². The molecule has 2 saturated heterocycles. The zero-order valence-electron chi connectivity index (χ0n) is 18.0. The summed E-state index contributed by atoms with van der Waals surface area (Å²) in [6, 6.07) is 4.23. The third-order valence-electron chi connectivity index (χ3n) is 5.74. The maximum absolute atomic E-state index is 12.9. The number of hydrogen-bond donors (Lipinski definition) is 1. The number of nitrogens with zero attached hydrogens (tertiary/aromatic N) is 6. The van der Waals surface area contributed by atoms with Gasteiger partial charge >= 0.3 is 0 Å². The van der Waals surface area contributed by atoms with Gasteiger partial charge in [-0.25, -0.2) is 9.97 Å². The number of hydrogen-bond acceptors (Lipinski definition) is 6. The molecule has 8 nitrogen and oxygen atoms in total. The number of aryl methyl sites for hydroxylation is 1. The number of piperidine rings is 1. The summed E-state index contributed by atoms with van der Waals surface area (Å²) in [6.07, 6.45) is 4.20. The molecular formula is C21H32ClN7O. The van der Waals surface area contributed by atoms with Gasteiger partial charge < -0.3 is 15.1 Å². The first kappa shape index (κ1) is 22.5. The molecule has 1 amide bonds. The van der Waals surface area contributed by atoms with Gasteiger partial charge in [0.1, 0.15) is 17.3 Å². The molecule has 30 heavy (non-hydrogen) atoms. The van der Waals surface area contributed by atoms with E-state index in [-0.39, 0.29) is 18.3 Å². The fourth-order valence-electron chi connectivity index (χ4n) is 4.01. The lowest BCUT2D eigenvalue weighted by Crippen LogP contribution is -2.49. The maximum Gasteiger partial charge on any atom is 0.274 e. The predicted octanol–water partition coefficient (Wildman–Crippen LogP) is 2.41. The highest BCUT2D eigenvalue weighted by Gasteiger charge is 2.26. The van der Waals surface area contributed by atoms with Crippen LogP contribution in [0.2, 0.25) is 0 Å². The highest BCUT2D eigenvalue weighted by molar-refractivity contribution is 5.92. The standard InChI is InChI=1S/C21H31N7O.ClH/c1-15(2)20-23-16(3)13-19(24-20)26-9-11-27(12-10-26)21(29)18-6-8-28(25-18)17-5-4-7-22-14-17;/h6,8,13,15,17,22H,4-5,7,9-12,14H2,1-3H3;1H. The lowest BCUT2D eigenvalue weighted by atomic mass is 10.1. The Balaban J connectivity index is 0.00000256. The molecule has 2 aromatic rings. The van der Waals surface area contributed by atoms with Crippen LogP contribution in [0.15, 0.2) is 18.3 Å². The summed E-state index contributed by atoms with van der Waals surface area (Å²) in [5, 5.41) is 7.98. The zero-order chi connectivity index (χ0) is 20.4. The molecule has 0 aliphatic carbocycles. The molecule has 0 aromatic carbocycles. The molecule has 2 aliphatic heterocycles. The van der Waals surface area contributed by atoms with Gasteiger partial charge in [-0.2, -0.15) is 5.10 Å². The molecule has 0 saturated carbocycles. The average molecular weight is 434 g/mol. The van der Waals surface area contributed by atoms with Gasteiger partial charge in [-0.05, 0) is 32.4 Å². The molecule has 164 valence electrons. The van der Waals surface area contributed by atoms with Crippen LogP contribution in [0.25, 0.3) is 0 Å². The summed E-state index contributed by atoms with van der Waals surface area (Å²) in [5.74, 6) is 2.16. The molecule has 9 heteroatoms. The molecule has 2 fully saturated rings. The van der Waals surface area contributed by atoms with Gasteiger partial charge in [0.15, 0.2) is 0 Å². The lowest BCUT2D eigenvalue weighted by Gasteiger charge is -2.35. The number of halogens is 1. The number of nitrogens with one attached hydrogen (secondary N) is 1. The van der Waals surface area contributed by atoms with E-state index in [1.165, 1.54) is 0 Å². The predicted molar refractivity (Wildman–Crippen MR) is 120 cm³/mol. The molecule has 4 rings (SSSR count). The normalized spacial score (nSPS) is 19.7. The van der Waals surface area contributed by atoms with Gasteiger partial charge in [-0.3, -0.25) is 9.48 Å². The second-order valence-corrected chi connectivity index (χ2v) is 8.34. The second-order valence-electron chi connectivity index (χ2n) is 8.34. The third kappa shape index (κ3) is 4.92. The van der Waals surface area contributed by atoms with Crippen molar-refractivity contribution in [2.45, 2.75) is 45.6 Å². The summed E-state index contributed by atoms with van der Waals surface area (Å²) >= 11 is 0. The van der Waals surface area contributed by atoms with E-state index in [9.17, 15) is 4.79 Å². The van der Waals surface area contributed by atoms with Gasteiger partial charge in [0, 0.05) is 56.6 Å². The zero-order valence-corrected chi connectivity index (χ0v) is 18.9. The Hall–Kier alpha value is -2.19. The summed E-state index contributed by atoms with van der Waals surface area (Å²) in [6.45, 7) is 11.1. The van der Waals surface area contributed by atoms with Crippen molar-refractivity contribution in [3.63, 3.8) is 0 Å². The Bertz CT molecular complexity index is 855. The minimum absolute atomic E-state index is 0. The molecule has 1 atom stereocenters. The minimum atomic E-state index is 0. The van der Waals surface area contributed by atoms with Crippen LogP contribution in [-0.4, -0.2) is 69.8 Å². The molecule has 4 heterocycles. The van der Waals surface area contributed by atoms with E-state index >= 15 is 0 Å². The number of carbonyl (C=O) groups is 1. The summed E-state index contributed by atoms with van der Waals surface area (Å²) in [4.78, 5) is 26.3. The van der Waals surface area contributed by atoms with Crippen molar-refractivity contribution < 1.29 is 4.79 Å². The van der Waals surface area contributed by atoms with Gasteiger partial charge in [0.05, 0.1) is 6.04 Å². The number of amides is 1. The second kappa shape index (κ2) is 9.75. The van der Waals surface area contributed by atoms with Crippen LogP contribution in [0.4, 0.5) is 5.82 Å². The summed E-state index contributed by atoms with van der Waals surface area (Å²) in [5.41, 5.74) is 1.53. The fourth-order valence-corrected chi connectivity index (χ4v) is 4.01. The summed E-state index contributed by atoms with van der Waals surface area (Å²) < 4.78 is 1.95. The monoisotopic (exact) mass is 433 g/mol. The number of anilines is 1. The van der Waals surface area contributed by atoms with E-state index in [4.69, 9.17) is 4.98 Å². The molecule has 2 aromatic heterocycles.